The number of aryl methyl sites for hydroxylation is 1. The Kier molecular flexibility index (Phi) is 3.41. The second-order valence-corrected chi connectivity index (χ2v) is 4.72. The van der Waals surface area contributed by atoms with Crippen LogP contribution in [0.5, 0.6) is 11.8 Å². The molecule has 0 aliphatic rings. The van der Waals surface area contributed by atoms with Crippen LogP contribution < -0.4 is 9.47 Å². The molecular weight excluding hydrogens is 230 g/mol. The highest BCUT2D eigenvalue weighted by molar-refractivity contribution is 5.43. The van der Waals surface area contributed by atoms with Crippen molar-refractivity contribution in [3.63, 3.8) is 0 Å². The Labute approximate surface area is 107 Å². The van der Waals surface area contributed by atoms with Crippen LogP contribution in [0, 0.1) is 12.8 Å². The highest BCUT2D eigenvalue weighted by Gasteiger charge is 2.16. The van der Waals surface area contributed by atoms with Gasteiger partial charge in [0.05, 0.1) is 31.7 Å². The van der Waals surface area contributed by atoms with Crippen molar-refractivity contribution in [2.24, 2.45) is 5.92 Å². The number of methoxy groups -OCH3 is 2. The van der Waals surface area contributed by atoms with Gasteiger partial charge < -0.3 is 9.47 Å². The molecule has 5 nitrogen and oxygen atoms in total. The lowest BCUT2D eigenvalue weighted by molar-refractivity contribution is 0.368. The fraction of sp³-hybridized carbons (Fsp3) is 0.538. The average molecular weight is 249 g/mol. The molecule has 0 amide bonds. The lowest BCUT2D eigenvalue weighted by atomic mass is 10.1. The van der Waals surface area contributed by atoms with E-state index in [0.717, 1.165) is 17.8 Å². The Morgan fingerprint density at radius 1 is 1.22 bits per heavy atom. The van der Waals surface area contributed by atoms with Gasteiger partial charge >= 0.3 is 0 Å². The summed E-state index contributed by atoms with van der Waals surface area (Å²) in [6.07, 6.45) is 0.942. The van der Waals surface area contributed by atoms with Gasteiger partial charge in [0.2, 0.25) is 17.5 Å². The third kappa shape index (κ3) is 2.12. The lowest BCUT2D eigenvalue weighted by Gasteiger charge is -2.10. The zero-order valence-electron chi connectivity index (χ0n) is 11.5. The normalized spacial score (nSPS) is 11.2. The molecule has 2 heterocycles. The summed E-state index contributed by atoms with van der Waals surface area (Å²) in [7, 11) is 3.23. The van der Waals surface area contributed by atoms with E-state index in [1.165, 1.54) is 0 Å². The number of aromatic nitrogens is 3. The Hall–Kier alpha value is -1.78. The molecule has 0 atom stereocenters. The van der Waals surface area contributed by atoms with Gasteiger partial charge in [0.1, 0.15) is 0 Å². The molecule has 0 spiro atoms. The molecule has 0 aliphatic heterocycles. The highest BCUT2D eigenvalue weighted by atomic mass is 16.5. The molecule has 0 aromatic carbocycles. The number of nitrogens with zero attached hydrogens (tertiary/aromatic N) is 3. The molecule has 0 unspecified atom stereocenters. The van der Waals surface area contributed by atoms with Crippen molar-refractivity contribution in [2.75, 3.05) is 14.2 Å². The first kappa shape index (κ1) is 12.7. The first-order chi connectivity index (χ1) is 8.56. The Bertz CT molecular complexity index is 561. The Morgan fingerprint density at radius 2 is 1.94 bits per heavy atom. The van der Waals surface area contributed by atoms with Gasteiger partial charge in [-0.25, -0.2) is 4.98 Å². The van der Waals surface area contributed by atoms with E-state index in [0.29, 0.717) is 23.5 Å². The van der Waals surface area contributed by atoms with Gasteiger partial charge in [-0.05, 0) is 19.3 Å². The van der Waals surface area contributed by atoms with Crippen molar-refractivity contribution in [3.8, 4) is 11.8 Å². The van der Waals surface area contributed by atoms with Crippen LogP contribution in [0.4, 0.5) is 0 Å². The van der Waals surface area contributed by atoms with Gasteiger partial charge in [0, 0.05) is 0 Å². The van der Waals surface area contributed by atoms with Crippen LogP contribution in [0.15, 0.2) is 6.07 Å². The molecule has 0 fully saturated rings. The van der Waals surface area contributed by atoms with Crippen LogP contribution in [-0.2, 0) is 6.42 Å². The van der Waals surface area contributed by atoms with E-state index in [1.807, 2.05) is 11.3 Å². The molecule has 0 saturated carbocycles. The smallest absolute Gasteiger partial charge is 0.240 e. The predicted molar refractivity (Wildman–Crippen MR) is 69.4 cm³/mol. The first-order valence-corrected chi connectivity index (χ1v) is 6.03. The molecule has 2 rings (SSSR count). The summed E-state index contributed by atoms with van der Waals surface area (Å²) in [6, 6.07) is 1.78. The molecule has 0 aliphatic carbocycles. The van der Waals surface area contributed by atoms with E-state index in [2.05, 4.69) is 23.8 Å². The molecule has 2 aromatic heterocycles. The van der Waals surface area contributed by atoms with Crippen molar-refractivity contribution in [3.05, 3.63) is 17.5 Å². The van der Waals surface area contributed by atoms with E-state index in [4.69, 9.17) is 9.47 Å². The molecule has 98 valence electrons. The van der Waals surface area contributed by atoms with Crippen molar-refractivity contribution in [1.29, 1.82) is 0 Å². The summed E-state index contributed by atoms with van der Waals surface area (Å²) < 4.78 is 12.5. The summed E-state index contributed by atoms with van der Waals surface area (Å²) in [4.78, 5) is 8.82. The fourth-order valence-electron chi connectivity index (χ4n) is 2.04. The zero-order valence-corrected chi connectivity index (χ0v) is 11.5. The van der Waals surface area contributed by atoms with Gasteiger partial charge in [-0.1, -0.05) is 13.8 Å². The molecule has 5 heteroatoms. The van der Waals surface area contributed by atoms with E-state index >= 15 is 0 Å². The first-order valence-electron chi connectivity index (χ1n) is 6.03. The summed E-state index contributed by atoms with van der Waals surface area (Å²) in [5.41, 5.74) is 2.13. The monoisotopic (exact) mass is 249 g/mol. The van der Waals surface area contributed by atoms with Gasteiger partial charge in [-0.2, -0.15) is 4.98 Å². The summed E-state index contributed by atoms with van der Waals surface area (Å²) >= 11 is 0. The maximum Gasteiger partial charge on any atom is 0.240 e. The quantitative estimate of drug-likeness (QED) is 0.834. The number of hydrogen-bond donors (Lipinski definition) is 0. The molecule has 0 radical (unpaired) electrons. The van der Waals surface area contributed by atoms with Crippen LogP contribution >= 0.6 is 0 Å². The van der Waals surface area contributed by atoms with Crippen molar-refractivity contribution in [2.45, 2.75) is 27.2 Å². The summed E-state index contributed by atoms with van der Waals surface area (Å²) in [6.45, 7) is 6.36. The van der Waals surface area contributed by atoms with E-state index < -0.39 is 0 Å². The van der Waals surface area contributed by atoms with Crippen molar-refractivity contribution >= 4 is 5.78 Å². The second kappa shape index (κ2) is 4.84. The lowest BCUT2D eigenvalue weighted by Crippen LogP contribution is -2.04. The van der Waals surface area contributed by atoms with Gasteiger partial charge in [-0.15, -0.1) is 0 Å². The van der Waals surface area contributed by atoms with Crippen LogP contribution in [-0.4, -0.2) is 28.6 Å². The molecular formula is C13H19N3O2. The third-order valence-electron chi connectivity index (χ3n) is 2.85. The van der Waals surface area contributed by atoms with E-state index in [1.54, 1.807) is 20.3 Å². The number of hydrogen-bond acceptors (Lipinski definition) is 4. The maximum absolute atomic E-state index is 5.41. The minimum Gasteiger partial charge on any atom is -0.482 e. The fourth-order valence-corrected chi connectivity index (χ4v) is 2.04. The molecule has 0 bridgehead atoms. The number of imidazole rings is 1. The number of ether oxygens (including phenoxy) is 2. The standard InChI is InChI=1S/C13H19N3O2/c1-8(2)6-10-9(3)14-13-15-11(17-4)7-12(18-5)16(10)13/h7-8H,6H2,1-5H3. The van der Waals surface area contributed by atoms with Crippen LogP contribution in [0.3, 0.4) is 0 Å². The van der Waals surface area contributed by atoms with Gasteiger partial charge in [0.15, 0.2) is 0 Å². The minimum atomic E-state index is 0.514. The molecule has 2 aromatic rings. The van der Waals surface area contributed by atoms with Gasteiger partial charge in [0.25, 0.3) is 0 Å². The molecule has 0 N–H and O–H groups in total. The Morgan fingerprint density at radius 3 is 2.50 bits per heavy atom. The topological polar surface area (TPSA) is 48.7 Å². The van der Waals surface area contributed by atoms with E-state index in [9.17, 15) is 0 Å². The zero-order chi connectivity index (χ0) is 13.3. The summed E-state index contributed by atoms with van der Waals surface area (Å²) in [5.74, 6) is 2.39. The van der Waals surface area contributed by atoms with E-state index in [-0.39, 0.29) is 0 Å². The molecule has 18 heavy (non-hydrogen) atoms. The SMILES string of the molecule is COc1cc(OC)n2c(CC(C)C)c(C)nc2n1. The minimum absolute atomic E-state index is 0.514. The maximum atomic E-state index is 5.41. The number of rotatable bonds is 4. The summed E-state index contributed by atoms with van der Waals surface area (Å²) in [5, 5.41) is 0. The highest BCUT2D eigenvalue weighted by Crippen LogP contribution is 2.24. The third-order valence-corrected chi connectivity index (χ3v) is 2.85. The van der Waals surface area contributed by atoms with Crippen molar-refractivity contribution < 1.29 is 9.47 Å². The Balaban J connectivity index is 2.67. The second-order valence-electron chi connectivity index (χ2n) is 4.72. The molecule has 0 saturated heterocycles. The van der Waals surface area contributed by atoms with Crippen LogP contribution in [0.25, 0.3) is 5.78 Å². The predicted octanol–water partition coefficient (Wildman–Crippen LogP) is 2.25. The average Bonchev–Trinajstić information content (AvgIpc) is 2.64. The van der Waals surface area contributed by atoms with Gasteiger partial charge in [-0.3, -0.25) is 4.40 Å². The van der Waals surface area contributed by atoms with Crippen LogP contribution in [0.1, 0.15) is 25.2 Å². The largest absolute Gasteiger partial charge is 0.482 e. The van der Waals surface area contributed by atoms with Crippen molar-refractivity contribution in [1.82, 2.24) is 14.4 Å². The number of fused-ring (bicyclic) bond motifs is 1. The van der Waals surface area contributed by atoms with Crippen LogP contribution in [0.2, 0.25) is 0 Å².